The van der Waals surface area contributed by atoms with Gasteiger partial charge in [0, 0.05) is 12.5 Å². The third kappa shape index (κ3) is 23.8. The number of guanidine groups is 1. The van der Waals surface area contributed by atoms with Gasteiger partial charge in [-0.2, -0.15) is 0 Å². The molecule has 0 fully saturated rings. The fraction of sp³-hybridized carbons (Fsp3) is 0.810. The van der Waals surface area contributed by atoms with Crippen LogP contribution in [0.3, 0.4) is 0 Å². The van der Waals surface area contributed by atoms with Crippen molar-refractivity contribution in [1.29, 1.82) is 5.41 Å². The molecule has 10 heteroatoms. The topological polar surface area (TPSA) is 200 Å². The number of carboxylic acid groups (broad SMARTS) is 2. The predicted octanol–water partition coefficient (Wildman–Crippen LogP) is 2.18. The van der Waals surface area contributed by atoms with Crippen LogP contribution in [0, 0.1) is 11.3 Å². The van der Waals surface area contributed by atoms with E-state index in [2.05, 4.69) is 12.2 Å². The lowest BCUT2D eigenvalue weighted by Crippen LogP contribution is -2.31. The summed E-state index contributed by atoms with van der Waals surface area (Å²) in [6.45, 7) is 2.93. The van der Waals surface area contributed by atoms with Gasteiger partial charge in [-0.1, -0.05) is 64.7 Å². The van der Waals surface area contributed by atoms with Crippen molar-refractivity contribution in [3.8, 4) is 0 Å². The van der Waals surface area contributed by atoms with Gasteiger partial charge in [-0.3, -0.25) is 15.0 Å². The van der Waals surface area contributed by atoms with E-state index in [0.29, 0.717) is 6.54 Å². The number of rotatable bonds is 18. The summed E-state index contributed by atoms with van der Waals surface area (Å²) < 4.78 is 0. The first-order valence-electron chi connectivity index (χ1n) is 11.1. The Labute approximate surface area is 185 Å². The van der Waals surface area contributed by atoms with Crippen molar-refractivity contribution in [2.45, 2.75) is 96.5 Å². The zero-order chi connectivity index (χ0) is 24.1. The molecule has 2 atom stereocenters. The van der Waals surface area contributed by atoms with Crippen molar-refractivity contribution in [2.24, 2.45) is 17.4 Å². The molecule has 31 heavy (non-hydrogen) atoms. The number of carbonyl (C=O) groups excluding carboxylic acids is 1. The van der Waals surface area contributed by atoms with Gasteiger partial charge in [0.1, 0.15) is 0 Å². The average molecular weight is 447 g/mol. The first-order valence-corrected chi connectivity index (χ1v) is 11.1. The molecule has 0 aromatic rings. The number of carboxylic acids is 2. The molecule has 0 heterocycles. The van der Waals surface area contributed by atoms with E-state index >= 15 is 0 Å². The third-order valence-electron chi connectivity index (χ3n) is 4.76. The monoisotopic (exact) mass is 446 g/mol. The van der Waals surface area contributed by atoms with Crippen molar-refractivity contribution in [3.63, 3.8) is 0 Å². The van der Waals surface area contributed by atoms with Gasteiger partial charge in [0.15, 0.2) is 12.1 Å². The van der Waals surface area contributed by atoms with Gasteiger partial charge >= 0.3 is 11.9 Å². The van der Waals surface area contributed by atoms with Crippen molar-refractivity contribution in [2.75, 3.05) is 6.54 Å². The van der Waals surface area contributed by atoms with E-state index in [1.165, 1.54) is 44.9 Å². The molecule has 10 nitrogen and oxygen atoms in total. The van der Waals surface area contributed by atoms with Crippen molar-refractivity contribution in [3.05, 3.63) is 0 Å². The van der Waals surface area contributed by atoms with Crippen LogP contribution in [0.15, 0.2) is 0 Å². The molecule has 0 rings (SSSR count). The molecule has 1 amide bonds. The first kappa shape index (κ1) is 30.8. The van der Waals surface area contributed by atoms with Gasteiger partial charge in [-0.25, -0.2) is 4.79 Å². The molecule has 0 aliphatic carbocycles. The summed E-state index contributed by atoms with van der Waals surface area (Å²) in [6.07, 6.45) is 11.3. The Morgan fingerprint density at radius 2 is 1.35 bits per heavy atom. The molecule has 0 saturated heterocycles. The fourth-order valence-corrected chi connectivity index (χ4v) is 2.94. The predicted molar refractivity (Wildman–Crippen MR) is 120 cm³/mol. The average Bonchev–Trinajstić information content (AvgIpc) is 2.67. The Kier molecular flexibility index (Phi) is 20.8. The number of nitrogens with two attached hydrogens (primary N) is 2. The number of primary amides is 1. The Morgan fingerprint density at radius 1 is 0.871 bits per heavy atom. The molecule has 0 aromatic heterocycles. The summed E-state index contributed by atoms with van der Waals surface area (Å²) in [6, 6.07) is 0. The second kappa shape index (κ2) is 20.9. The molecule has 2 unspecified atom stereocenters. The Balaban J connectivity index is 0. The van der Waals surface area contributed by atoms with Crippen LogP contribution in [0.1, 0.15) is 90.4 Å². The van der Waals surface area contributed by atoms with E-state index in [1.807, 2.05) is 0 Å². The molecule has 0 aromatic carbocycles. The molecule has 0 radical (unpaired) electrons. The van der Waals surface area contributed by atoms with Crippen LogP contribution < -0.4 is 16.8 Å². The molecular weight excluding hydrogens is 404 g/mol. The highest BCUT2D eigenvalue weighted by Gasteiger charge is 2.16. The highest BCUT2D eigenvalue weighted by atomic mass is 16.4. The van der Waals surface area contributed by atoms with Gasteiger partial charge in [0.05, 0.1) is 6.42 Å². The lowest BCUT2D eigenvalue weighted by molar-refractivity contribution is -0.152. The zero-order valence-electron chi connectivity index (χ0n) is 18.8. The van der Waals surface area contributed by atoms with Crippen LogP contribution in [-0.4, -0.2) is 51.8 Å². The molecule has 0 aliphatic heterocycles. The zero-order valence-corrected chi connectivity index (χ0v) is 18.8. The number of hydrogen-bond donors (Lipinski definition) is 7. The van der Waals surface area contributed by atoms with Gasteiger partial charge in [0.2, 0.25) is 5.91 Å². The summed E-state index contributed by atoms with van der Waals surface area (Å²) >= 11 is 0. The summed E-state index contributed by atoms with van der Waals surface area (Å²) in [5.41, 5.74) is 10.7. The quantitative estimate of drug-likeness (QED) is 0.0942. The van der Waals surface area contributed by atoms with E-state index < -0.39 is 24.5 Å². The van der Waals surface area contributed by atoms with Gasteiger partial charge in [0.25, 0.3) is 0 Å². The molecular formula is C21H42N4O6. The Hall–Kier alpha value is -2.36. The van der Waals surface area contributed by atoms with Crippen LogP contribution in [0.4, 0.5) is 0 Å². The summed E-state index contributed by atoms with van der Waals surface area (Å²) in [5.74, 6) is -2.99. The fourth-order valence-electron chi connectivity index (χ4n) is 2.94. The van der Waals surface area contributed by atoms with Crippen molar-refractivity contribution >= 4 is 23.8 Å². The van der Waals surface area contributed by atoms with E-state index in [-0.39, 0.29) is 17.8 Å². The maximum Gasteiger partial charge on any atom is 0.333 e. The number of aliphatic hydroxyl groups is 1. The van der Waals surface area contributed by atoms with E-state index in [1.54, 1.807) is 0 Å². The van der Waals surface area contributed by atoms with Crippen LogP contribution >= 0.6 is 0 Å². The second-order valence-electron chi connectivity index (χ2n) is 7.65. The third-order valence-corrected chi connectivity index (χ3v) is 4.76. The van der Waals surface area contributed by atoms with Gasteiger partial charge < -0.3 is 32.1 Å². The molecule has 0 spiro atoms. The normalized spacial score (nSPS) is 12.2. The number of carbonyl (C=O) groups is 3. The lowest BCUT2D eigenvalue weighted by atomic mass is 9.94. The largest absolute Gasteiger partial charge is 0.481 e. The highest BCUT2D eigenvalue weighted by Crippen LogP contribution is 2.17. The maximum absolute atomic E-state index is 11.5. The van der Waals surface area contributed by atoms with Crippen LogP contribution in [0.5, 0.6) is 0 Å². The number of nitrogens with one attached hydrogen (secondary N) is 2. The number of aliphatic hydroxyl groups excluding tert-OH is 1. The minimum Gasteiger partial charge on any atom is -0.481 e. The lowest BCUT2D eigenvalue weighted by Gasteiger charge is -2.13. The van der Waals surface area contributed by atoms with Crippen LogP contribution in [-0.2, 0) is 14.4 Å². The summed E-state index contributed by atoms with van der Waals surface area (Å²) in [4.78, 5) is 30.9. The van der Waals surface area contributed by atoms with E-state index in [9.17, 15) is 14.4 Å². The Bertz CT molecular complexity index is 516. The highest BCUT2D eigenvalue weighted by molar-refractivity contribution is 5.79. The number of amides is 1. The first-order chi connectivity index (χ1) is 14.6. The molecule has 182 valence electrons. The molecule has 0 aliphatic rings. The Morgan fingerprint density at radius 3 is 1.74 bits per heavy atom. The number of unbranched alkanes of at least 4 members (excludes halogenated alkanes) is 8. The van der Waals surface area contributed by atoms with E-state index in [0.717, 1.165) is 32.1 Å². The number of hydrogen-bond acceptors (Lipinski definition) is 5. The smallest absolute Gasteiger partial charge is 0.333 e. The van der Waals surface area contributed by atoms with Crippen molar-refractivity contribution < 1.29 is 29.7 Å². The van der Waals surface area contributed by atoms with Crippen LogP contribution in [0.2, 0.25) is 0 Å². The minimum absolute atomic E-state index is 0.00499. The SMILES string of the molecule is CCCCCCCCCCC(CCCCNC(=N)N)C(N)=O.O=C(O)CC(O)C(=O)O. The van der Waals surface area contributed by atoms with Crippen LogP contribution in [0.25, 0.3) is 0 Å². The minimum atomic E-state index is -1.79. The second-order valence-corrected chi connectivity index (χ2v) is 7.65. The van der Waals surface area contributed by atoms with Gasteiger partial charge in [-0.05, 0) is 19.3 Å². The molecule has 9 N–H and O–H groups in total. The summed E-state index contributed by atoms with van der Waals surface area (Å²) in [7, 11) is 0. The maximum atomic E-state index is 11.5. The van der Waals surface area contributed by atoms with E-state index in [4.69, 9.17) is 32.2 Å². The molecule has 0 saturated carbocycles. The molecule has 0 bridgehead atoms. The van der Waals surface area contributed by atoms with Gasteiger partial charge in [-0.15, -0.1) is 0 Å². The summed E-state index contributed by atoms with van der Waals surface area (Å²) in [5, 5.41) is 34.0. The standard InChI is InChI=1S/C17H36N4O.C4H6O5/c1-2-3-4-5-6-7-8-9-12-15(16(18)22)13-10-11-14-21-17(19)20;5-2(4(8)9)1-3(6)7/h15H,2-14H2,1H3,(H2,18,22)(H4,19,20,21);2,5H,1H2,(H,6,7)(H,8,9). The number of aliphatic carboxylic acids is 2. The van der Waals surface area contributed by atoms with Crippen molar-refractivity contribution in [1.82, 2.24) is 5.32 Å².